The number of rotatable bonds is 1. The van der Waals surface area contributed by atoms with E-state index < -0.39 is 35.4 Å². The molecule has 1 atom stereocenters. The predicted molar refractivity (Wildman–Crippen MR) is 75.2 cm³/mol. The fraction of sp³-hybridized carbons (Fsp3) is 0.188. The minimum Gasteiger partial charge on any atom is -0.508 e. The number of hydrogen-bond donors (Lipinski definition) is 1. The van der Waals surface area contributed by atoms with Crippen LogP contribution < -0.4 is 0 Å². The summed E-state index contributed by atoms with van der Waals surface area (Å²) in [4.78, 5) is 12.2. The first kappa shape index (κ1) is 15.8. The first-order valence-corrected chi connectivity index (χ1v) is 6.93. The molecule has 0 radical (unpaired) electrons. The SMILES string of the molecule is O=C1Cc2cc(C(F)(F)F)ccc2[C@]1(F)c1cc(Cl)ccc1O. The fourth-order valence-electron chi connectivity index (χ4n) is 2.78. The Hall–Kier alpha value is -2.08. The second kappa shape index (κ2) is 4.96. The van der Waals surface area contributed by atoms with E-state index in [9.17, 15) is 23.1 Å². The molecule has 2 nitrogen and oxygen atoms in total. The molecule has 0 bridgehead atoms. The van der Waals surface area contributed by atoms with Crippen LogP contribution in [0.4, 0.5) is 17.6 Å². The number of carbonyl (C=O) groups is 1. The molecule has 0 saturated carbocycles. The fourth-order valence-corrected chi connectivity index (χ4v) is 2.95. The molecule has 0 unspecified atom stereocenters. The minimum absolute atomic E-state index is 0.0494. The number of alkyl halides is 4. The Labute approximate surface area is 133 Å². The van der Waals surface area contributed by atoms with Gasteiger partial charge in [-0.1, -0.05) is 17.7 Å². The molecule has 1 aliphatic rings. The van der Waals surface area contributed by atoms with Gasteiger partial charge in [0.15, 0.2) is 5.78 Å². The maximum Gasteiger partial charge on any atom is 0.416 e. The summed E-state index contributed by atoms with van der Waals surface area (Å²) in [7, 11) is 0. The van der Waals surface area contributed by atoms with Gasteiger partial charge in [-0.05, 0) is 35.9 Å². The van der Waals surface area contributed by atoms with Crippen molar-refractivity contribution in [3.05, 3.63) is 63.7 Å². The number of fused-ring (bicyclic) bond motifs is 1. The third-order valence-corrected chi connectivity index (χ3v) is 4.10. The third-order valence-electron chi connectivity index (χ3n) is 3.87. The van der Waals surface area contributed by atoms with E-state index in [1.165, 1.54) is 6.07 Å². The summed E-state index contributed by atoms with van der Waals surface area (Å²) >= 11 is 5.78. The van der Waals surface area contributed by atoms with Crippen molar-refractivity contribution in [2.45, 2.75) is 18.3 Å². The Morgan fingerprint density at radius 1 is 1.09 bits per heavy atom. The summed E-state index contributed by atoms with van der Waals surface area (Å²) in [6.45, 7) is 0. The predicted octanol–water partition coefficient (Wildman–Crippen LogP) is 4.40. The Morgan fingerprint density at radius 3 is 2.43 bits per heavy atom. The summed E-state index contributed by atoms with van der Waals surface area (Å²) in [5.74, 6) is -1.43. The summed E-state index contributed by atoms with van der Waals surface area (Å²) in [5, 5.41) is 9.96. The molecular weight excluding hydrogens is 336 g/mol. The van der Waals surface area contributed by atoms with E-state index in [4.69, 9.17) is 11.6 Å². The third kappa shape index (κ3) is 2.37. The lowest BCUT2D eigenvalue weighted by atomic mass is 9.88. The highest BCUT2D eigenvalue weighted by molar-refractivity contribution is 6.30. The van der Waals surface area contributed by atoms with E-state index in [-0.39, 0.29) is 21.7 Å². The van der Waals surface area contributed by atoms with E-state index in [2.05, 4.69) is 0 Å². The normalized spacial score (nSPS) is 20.7. The van der Waals surface area contributed by atoms with Crippen molar-refractivity contribution in [3.8, 4) is 5.75 Å². The zero-order valence-electron chi connectivity index (χ0n) is 11.4. The molecule has 3 rings (SSSR count). The highest BCUT2D eigenvalue weighted by Gasteiger charge is 2.50. The number of phenols is 1. The van der Waals surface area contributed by atoms with Gasteiger partial charge in [0.2, 0.25) is 5.67 Å². The van der Waals surface area contributed by atoms with E-state index in [1.54, 1.807) is 0 Å². The van der Waals surface area contributed by atoms with E-state index in [1.807, 2.05) is 0 Å². The standard InChI is InChI=1S/C16H9ClF4O2/c17-10-2-4-13(22)12(7-10)15(18)11-3-1-9(16(19,20)21)5-8(11)6-14(15)23/h1-5,7,22H,6H2/t15-/m0/s1. The van der Waals surface area contributed by atoms with Gasteiger partial charge in [-0.3, -0.25) is 4.79 Å². The molecule has 23 heavy (non-hydrogen) atoms. The summed E-state index contributed by atoms with van der Waals surface area (Å²) in [6.07, 6.45) is -5.07. The van der Waals surface area contributed by atoms with Gasteiger partial charge in [-0.25, -0.2) is 4.39 Å². The van der Waals surface area contributed by atoms with Gasteiger partial charge in [0.1, 0.15) is 5.75 Å². The Kier molecular flexibility index (Phi) is 3.41. The Balaban J connectivity index is 2.20. The van der Waals surface area contributed by atoms with E-state index in [0.29, 0.717) is 6.07 Å². The molecule has 7 heteroatoms. The van der Waals surface area contributed by atoms with Gasteiger partial charge >= 0.3 is 6.18 Å². The first-order valence-electron chi connectivity index (χ1n) is 6.56. The number of ketones is 1. The quantitative estimate of drug-likeness (QED) is 0.778. The molecule has 0 saturated heterocycles. The average Bonchev–Trinajstić information content (AvgIpc) is 2.72. The van der Waals surface area contributed by atoms with Gasteiger partial charge in [0.25, 0.3) is 0 Å². The van der Waals surface area contributed by atoms with Crippen LogP contribution in [-0.2, 0) is 23.1 Å². The zero-order chi connectivity index (χ0) is 17.0. The van der Waals surface area contributed by atoms with Crippen molar-refractivity contribution in [1.82, 2.24) is 0 Å². The largest absolute Gasteiger partial charge is 0.508 e. The van der Waals surface area contributed by atoms with Gasteiger partial charge in [-0.2, -0.15) is 13.2 Å². The second-order valence-electron chi connectivity index (χ2n) is 5.29. The van der Waals surface area contributed by atoms with Crippen LogP contribution in [0.25, 0.3) is 0 Å². The van der Waals surface area contributed by atoms with Crippen LogP contribution >= 0.6 is 11.6 Å². The molecule has 0 heterocycles. The maximum atomic E-state index is 15.5. The highest BCUT2D eigenvalue weighted by atomic mass is 35.5. The van der Waals surface area contributed by atoms with Crippen molar-refractivity contribution in [2.24, 2.45) is 0 Å². The minimum atomic E-state index is -4.59. The molecule has 0 aliphatic heterocycles. The molecule has 0 amide bonds. The number of benzene rings is 2. The van der Waals surface area contributed by atoms with Crippen LogP contribution in [0.15, 0.2) is 36.4 Å². The smallest absolute Gasteiger partial charge is 0.416 e. The first-order chi connectivity index (χ1) is 10.6. The molecule has 0 aromatic heterocycles. The zero-order valence-corrected chi connectivity index (χ0v) is 12.2. The van der Waals surface area contributed by atoms with Crippen LogP contribution in [0.3, 0.4) is 0 Å². The van der Waals surface area contributed by atoms with E-state index in [0.717, 1.165) is 24.3 Å². The molecule has 2 aromatic rings. The van der Waals surface area contributed by atoms with Crippen LogP contribution in [0.5, 0.6) is 5.75 Å². The number of hydrogen-bond acceptors (Lipinski definition) is 2. The lowest BCUT2D eigenvalue weighted by molar-refractivity contribution is -0.137. The van der Waals surface area contributed by atoms with Crippen molar-refractivity contribution in [3.63, 3.8) is 0 Å². The van der Waals surface area contributed by atoms with Crippen LogP contribution in [0, 0.1) is 0 Å². The number of carbonyl (C=O) groups excluding carboxylic acids is 1. The molecule has 0 spiro atoms. The van der Waals surface area contributed by atoms with Crippen LogP contribution in [-0.4, -0.2) is 10.9 Å². The lowest BCUT2D eigenvalue weighted by Gasteiger charge is -2.21. The monoisotopic (exact) mass is 344 g/mol. The highest BCUT2D eigenvalue weighted by Crippen LogP contribution is 2.47. The number of Topliss-reactive ketones (excluding diaryl/α,β-unsaturated/α-hetero) is 1. The average molecular weight is 345 g/mol. The van der Waals surface area contributed by atoms with Crippen molar-refractivity contribution >= 4 is 17.4 Å². The summed E-state index contributed by atoms with van der Waals surface area (Å²) < 4.78 is 53.7. The maximum absolute atomic E-state index is 15.5. The van der Waals surface area contributed by atoms with E-state index >= 15 is 4.39 Å². The van der Waals surface area contributed by atoms with Crippen molar-refractivity contribution in [1.29, 1.82) is 0 Å². The molecule has 0 fully saturated rings. The van der Waals surface area contributed by atoms with Crippen LogP contribution in [0.1, 0.15) is 22.3 Å². The molecule has 1 aliphatic carbocycles. The lowest BCUT2D eigenvalue weighted by Crippen LogP contribution is -2.28. The Morgan fingerprint density at radius 2 is 1.78 bits per heavy atom. The Bertz CT molecular complexity index is 816. The van der Waals surface area contributed by atoms with Gasteiger partial charge < -0.3 is 5.11 Å². The van der Waals surface area contributed by atoms with Gasteiger partial charge in [0, 0.05) is 22.6 Å². The van der Waals surface area contributed by atoms with Gasteiger partial charge in [-0.15, -0.1) is 0 Å². The number of aromatic hydroxyl groups is 1. The topological polar surface area (TPSA) is 37.3 Å². The second-order valence-corrected chi connectivity index (χ2v) is 5.73. The molecule has 2 aromatic carbocycles. The summed E-state index contributed by atoms with van der Waals surface area (Å²) in [6, 6.07) is 5.96. The molecular formula is C16H9ClF4O2. The summed E-state index contributed by atoms with van der Waals surface area (Å²) in [5.41, 5.74) is -4.29. The number of phenolic OH excluding ortho intramolecular Hbond substituents is 1. The van der Waals surface area contributed by atoms with Gasteiger partial charge in [0.05, 0.1) is 5.56 Å². The molecule has 1 N–H and O–H groups in total. The number of halogens is 5. The van der Waals surface area contributed by atoms with Crippen molar-refractivity contribution < 1.29 is 27.5 Å². The van der Waals surface area contributed by atoms with Crippen molar-refractivity contribution in [2.75, 3.05) is 0 Å². The molecule has 120 valence electrons. The van der Waals surface area contributed by atoms with Crippen LogP contribution in [0.2, 0.25) is 5.02 Å².